The van der Waals surface area contributed by atoms with Gasteiger partial charge in [0.1, 0.15) is 6.23 Å². The first-order valence-electron chi connectivity index (χ1n) is 9.95. The smallest absolute Gasteiger partial charge is 0.133 e. The van der Waals surface area contributed by atoms with E-state index < -0.39 is 6.23 Å². The third-order valence-electron chi connectivity index (χ3n) is 5.42. The molecule has 2 aromatic rings. The third-order valence-corrected chi connectivity index (χ3v) is 5.96. The van der Waals surface area contributed by atoms with Crippen molar-refractivity contribution in [1.82, 2.24) is 10.2 Å². The maximum Gasteiger partial charge on any atom is 0.133 e. The highest BCUT2D eigenvalue weighted by molar-refractivity contribution is 6.35. The van der Waals surface area contributed by atoms with Crippen molar-refractivity contribution in [2.24, 2.45) is 0 Å². The molecule has 3 rings (SSSR count). The zero-order valence-electron chi connectivity index (χ0n) is 16.5. The highest BCUT2D eigenvalue weighted by atomic mass is 35.5. The quantitative estimate of drug-likeness (QED) is 0.606. The molecule has 0 aromatic heterocycles. The molecule has 28 heavy (non-hydrogen) atoms. The maximum absolute atomic E-state index is 10.6. The molecule has 1 fully saturated rings. The number of rotatable bonds is 6. The summed E-state index contributed by atoms with van der Waals surface area (Å²) in [6.45, 7) is 7.68. The number of piperidine rings is 1. The van der Waals surface area contributed by atoms with Crippen LogP contribution in [0.5, 0.6) is 0 Å². The Hall–Kier alpha value is -1.36. The number of nitrogens with one attached hydrogen (secondary N) is 1. The predicted octanol–water partition coefficient (Wildman–Crippen LogP) is 5.51. The van der Waals surface area contributed by atoms with Crippen LogP contribution in [0.4, 0.5) is 0 Å². The summed E-state index contributed by atoms with van der Waals surface area (Å²) in [4.78, 5) is 2.03. The summed E-state index contributed by atoms with van der Waals surface area (Å²) in [6, 6.07) is 13.9. The van der Waals surface area contributed by atoms with Crippen LogP contribution >= 0.6 is 23.2 Å². The second kappa shape index (κ2) is 9.91. The summed E-state index contributed by atoms with van der Waals surface area (Å²) >= 11 is 12.7. The fourth-order valence-corrected chi connectivity index (χ4v) is 4.33. The van der Waals surface area contributed by atoms with Gasteiger partial charge in [0.05, 0.1) is 0 Å². The van der Waals surface area contributed by atoms with Crippen LogP contribution in [-0.2, 0) is 0 Å². The third kappa shape index (κ3) is 4.79. The summed E-state index contributed by atoms with van der Waals surface area (Å²) in [5.41, 5.74) is 5.63. The van der Waals surface area contributed by atoms with E-state index in [0.717, 1.165) is 55.7 Å². The molecule has 0 spiro atoms. The van der Waals surface area contributed by atoms with Crippen molar-refractivity contribution in [2.75, 3.05) is 26.2 Å². The lowest BCUT2D eigenvalue weighted by Gasteiger charge is -2.26. The molecule has 0 bridgehead atoms. The van der Waals surface area contributed by atoms with Gasteiger partial charge >= 0.3 is 0 Å². The molecule has 0 radical (unpaired) electrons. The Morgan fingerprint density at radius 3 is 2.25 bits per heavy atom. The van der Waals surface area contributed by atoms with Crippen molar-refractivity contribution >= 4 is 28.8 Å². The molecule has 1 aliphatic rings. The van der Waals surface area contributed by atoms with Gasteiger partial charge in [-0.2, -0.15) is 0 Å². The number of aliphatic hydroxyl groups is 1. The van der Waals surface area contributed by atoms with Crippen LogP contribution in [0.2, 0.25) is 10.0 Å². The molecule has 1 unspecified atom stereocenters. The van der Waals surface area contributed by atoms with E-state index in [-0.39, 0.29) is 0 Å². The molecule has 150 valence electrons. The Balaban J connectivity index is 2.02. The molecular formula is C23H28Cl2N2O. The van der Waals surface area contributed by atoms with Crippen LogP contribution in [0, 0.1) is 0 Å². The van der Waals surface area contributed by atoms with E-state index in [2.05, 4.69) is 31.3 Å². The molecule has 1 atom stereocenters. The number of benzene rings is 2. The number of nitrogens with zero attached hydrogens (tertiary/aromatic N) is 1. The van der Waals surface area contributed by atoms with Crippen molar-refractivity contribution in [1.29, 1.82) is 0 Å². The van der Waals surface area contributed by atoms with Crippen LogP contribution in [0.1, 0.15) is 49.6 Å². The van der Waals surface area contributed by atoms with Crippen molar-refractivity contribution in [2.45, 2.75) is 32.9 Å². The Labute approximate surface area is 178 Å². The summed E-state index contributed by atoms with van der Waals surface area (Å²) in [6.07, 6.45) is 1.41. The van der Waals surface area contributed by atoms with E-state index in [1.807, 2.05) is 29.2 Å². The first-order chi connectivity index (χ1) is 13.5. The summed E-state index contributed by atoms with van der Waals surface area (Å²) in [5.74, 6) is 0. The van der Waals surface area contributed by atoms with Gasteiger partial charge in [0.2, 0.25) is 0 Å². The standard InChI is InChI=1S/C23H28Cl2N2O/c1-3-27(4-2)23(28)18-7-5-16(6-8-18)22(17-11-13-26-14-12-17)20-10-9-19(24)15-21(20)25/h5-10,15,23,26,28H,3-4,11-14H2,1-2H3. The highest BCUT2D eigenvalue weighted by Gasteiger charge is 2.19. The Kier molecular flexibility index (Phi) is 7.55. The van der Waals surface area contributed by atoms with Crippen molar-refractivity contribution in [3.63, 3.8) is 0 Å². The maximum atomic E-state index is 10.6. The normalized spacial score (nSPS) is 15.7. The minimum Gasteiger partial charge on any atom is -0.374 e. The Morgan fingerprint density at radius 2 is 1.68 bits per heavy atom. The molecule has 0 saturated carbocycles. The lowest BCUT2D eigenvalue weighted by Crippen LogP contribution is -2.28. The zero-order chi connectivity index (χ0) is 20.1. The second-order valence-corrected chi connectivity index (χ2v) is 7.91. The van der Waals surface area contributed by atoms with Crippen LogP contribution in [0.3, 0.4) is 0 Å². The number of halogens is 2. The van der Waals surface area contributed by atoms with Gasteiger partial charge in [0.15, 0.2) is 0 Å². The van der Waals surface area contributed by atoms with Crippen LogP contribution in [0.25, 0.3) is 5.57 Å². The number of hydrogen-bond acceptors (Lipinski definition) is 3. The molecule has 1 aliphatic heterocycles. The summed E-state index contributed by atoms with van der Waals surface area (Å²) in [5, 5.41) is 15.3. The number of hydrogen-bond donors (Lipinski definition) is 2. The molecular weight excluding hydrogens is 391 g/mol. The largest absolute Gasteiger partial charge is 0.374 e. The molecule has 0 aliphatic carbocycles. The molecule has 1 saturated heterocycles. The highest BCUT2D eigenvalue weighted by Crippen LogP contribution is 2.36. The first-order valence-corrected chi connectivity index (χ1v) is 10.7. The summed E-state index contributed by atoms with van der Waals surface area (Å²) in [7, 11) is 0. The van der Waals surface area contributed by atoms with E-state index in [4.69, 9.17) is 23.2 Å². The van der Waals surface area contributed by atoms with E-state index in [0.29, 0.717) is 10.0 Å². The second-order valence-electron chi connectivity index (χ2n) is 7.07. The fourth-order valence-electron chi connectivity index (χ4n) is 3.82. The van der Waals surface area contributed by atoms with E-state index >= 15 is 0 Å². The van der Waals surface area contributed by atoms with Gasteiger partial charge in [0, 0.05) is 15.6 Å². The lowest BCUT2D eigenvalue weighted by atomic mass is 9.88. The fraction of sp³-hybridized carbons (Fsp3) is 0.391. The molecule has 0 amide bonds. The monoisotopic (exact) mass is 418 g/mol. The van der Waals surface area contributed by atoms with Gasteiger partial charge in [-0.15, -0.1) is 0 Å². The van der Waals surface area contributed by atoms with Crippen LogP contribution in [0.15, 0.2) is 48.0 Å². The Morgan fingerprint density at radius 1 is 1.04 bits per heavy atom. The van der Waals surface area contributed by atoms with E-state index in [1.54, 1.807) is 6.07 Å². The SMILES string of the molecule is CCN(CC)C(O)c1ccc(C(=C2CCNCC2)c2ccc(Cl)cc2Cl)cc1. The molecule has 2 N–H and O–H groups in total. The molecule has 5 heteroatoms. The van der Waals surface area contributed by atoms with E-state index in [9.17, 15) is 5.11 Å². The van der Waals surface area contributed by atoms with Gasteiger partial charge in [-0.1, -0.05) is 73.0 Å². The zero-order valence-corrected chi connectivity index (χ0v) is 18.0. The molecule has 2 aromatic carbocycles. The first kappa shape index (κ1) is 21.4. The van der Waals surface area contributed by atoms with Crippen molar-refractivity contribution in [3.8, 4) is 0 Å². The van der Waals surface area contributed by atoms with Gasteiger partial charge in [-0.3, -0.25) is 4.90 Å². The van der Waals surface area contributed by atoms with Gasteiger partial charge in [-0.25, -0.2) is 0 Å². The Bertz CT molecular complexity index is 821. The van der Waals surface area contributed by atoms with E-state index in [1.165, 1.54) is 11.1 Å². The van der Waals surface area contributed by atoms with Crippen LogP contribution < -0.4 is 5.32 Å². The lowest BCUT2D eigenvalue weighted by molar-refractivity contribution is 0.00902. The van der Waals surface area contributed by atoms with Gasteiger partial charge in [-0.05, 0) is 67.9 Å². The summed E-state index contributed by atoms with van der Waals surface area (Å²) < 4.78 is 0. The van der Waals surface area contributed by atoms with Gasteiger partial charge < -0.3 is 10.4 Å². The average molecular weight is 419 g/mol. The molecule has 1 heterocycles. The molecule has 3 nitrogen and oxygen atoms in total. The average Bonchev–Trinajstić information content (AvgIpc) is 2.72. The van der Waals surface area contributed by atoms with Crippen molar-refractivity contribution < 1.29 is 5.11 Å². The van der Waals surface area contributed by atoms with Crippen LogP contribution in [-0.4, -0.2) is 36.2 Å². The number of aliphatic hydroxyl groups excluding tert-OH is 1. The van der Waals surface area contributed by atoms with Gasteiger partial charge in [0.25, 0.3) is 0 Å². The predicted molar refractivity (Wildman–Crippen MR) is 119 cm³/mol. The topological polar surface area (TPSA) is 35.5 Å². The van der Waals surface area contributed by atoms with Crippen molar-refractivity contribution in [3.05, 3.63) is 74.8 Å². The minimum atomic E-state index is -0.585. The minimum absolute atomic E-state index is 0.585.